The maximum absolute atomic E-state index is 12.8. The van der Waals surface area contributed by atoms with Gasteiger partial charge < -0.3 is 10.2 Å². The SMILES string of the molecule is CCN(C(=O)C1CCc2ccccc2C1)C1CCNC1. The number of rotatable bonds is 3. The molecule has 0 spiro atoms. The van der Waals surface area contributed by atoms with Crippen LogP contribution >= 0.6 is 0 Å². The normalized spacial score (nSPS) is 25.2. The third kappa shape index (κ3) is 2.59. The minimum absolute atomic E-state index is 0.186. The smallest absolute Gasteiger partial charge is 0.226 e. The Kier molecular flexibility index (Phi) is 4.06. The van der Waals surface area contributed by atoms with Gasteiger partial charge in [0.2, 0.25) is 5.91 Å². The van der Waals surface area contributed by atoms with Crippen molar-refractivity contribution in [1.29, 1.82) is 0 Å². The number of nitrogens with zero attached hydrogens (tertiary/aromatic N) is 1. The number of carbonyl (C=O) groups excluding carboxylic acids is 1. The van der Waals surface area contributed by atoms with Crippen LogP contribution in [0.3, 0.4) is 0 Å². The van der Waals surface area contributed by atoms with Gasteiger partial charge in [-0.3, -0.25) is 4.79 Å². The van der Waals surface area contributed by atoms with Crippen molar-refractivity contribution in [3.05, 3.63) is 35.4 Å². The van der Waals surface area contributed by atoms with Crippen LogP contribution in [0, 0.1) is 5.92 Å². The molecule has 0 bridgehead atoms. The number of benzene rings is 1. The summed E-state index contributed by atoms with van der Waals surface area (Å²) in [6.45, 7) is 4.95. The van der Waals surface area contributed by atoms with Gasteiger partial charge in [0.1, 0.15) is 0 Å². The van der Waals surface area contributed by atoms with Gasteiger partial charge >= 0.3 is 0 Å². The highest BCUT2D eigenvalue weighted by molar-refractivity contribution is 5.80. The molecule has 0 aromatic heterocycles. The highest BCUT2D eigenvalue weighted by Crippen LogP contribution is 2.27. The Morgan fingerprint density at radius 1 is 1.30 bits per heavy atom. The van der Waals surface area contributed by atoms with Crippen molar-refractivity contribution >= 4 is 5.91 Å². The molecule has 3 heteroatoms. The Hall–Kier alpha value is -1.35. The number of aryl methyl sites for hydroxylation is 1. The van der Waals surface area contributed by atoms with E-state index in [1.807, 2.05) is 0 Å². The molecule has 2 aliphatic rings. The van der Waals surface area contributed by atoms with Crippen LogP contribution in [0.2, 0.25) is 0 Å². The van der Waals surface area contributed by atoms with Crippen LogP contribution in [-0.4, -0.2) is 36.5 Å². The van der Waals surface area contributed by atoms with Crippen molar-refractivity contribution in [3.8, 4) is 0 Å². The van der Waals surface area contributed by atoms with E-state index in [1.54, 1.807) is 0 Å². The molecule has 3 rings (SSSR count). The van der Waals surface area contributed by atoms with Crippen molar-refractivity contribution < 1.29 is 4.79 Å². The van der Waals surface area contributed by atoms with Crippen LogP contribution in [0.4, 0.5) is 0 Å². The van der Waals surface area contributed by atoms with Crippen LogP contribution < -0.4 is 5.32 Å². The molecule has 2 unspecified atom stereocenters. The molecule has 1 aliphatic heterocycles. The van der Waals surface area contributed by atoms with Crippen molar-refractivity contribution in [2.45, 2.75) is 38.6 Å². The van der Waals surface area contributed by atoms with Crippen LogP contribution in [0.5, 0.6) is 0 Å². The average molecular weight is 272 g/mol. The molecule has 0 radical (unpaired) electrons. The second-order valence-corrected chi connectivity index (χ2v) is 5.98. The van der Waals surface area contributed by atoms with E-state index in [0.29, 0.717) is 11.9 Å². The molecule has 3 nitrogen and oxygen atoms in total. The summed E-state index contributed by atoms with van der Waals surface area (Å²) in [5, 5.41) is 3.37. The van der Waals surface area contributed by atoms with E-state index in [9.17, 15) is 4.79 Å². The summed E-state index contributed by atoms with van der Waals surface area (Å²) >= 11 is 0. The minimum atomic E-state index is 0.186. The van der Waals surface area contributed by atoms with E-state index in [4.69, 9.17) is 0 Å². The molecular formula is C17H24N2O. The first-order valence-corrected chi connectivity index (χ1v) is 7.87. The third-order valence-electron chi connectivity index (χ3n) is 4.79. The summed E-state index contributed by atoms with van der Waals surface area (Å²) in [5.74, 6) is 0.557. The highest BCUT2D eigenvalue weighted by atomic mass is 16.2. The second kappa shape index (κ2) is 5.96. The number of fused-ring (bicyclic) bond motifs is 1. The standard InChI is InChI=1S/C17H24N2O/c1-2-19(16-9-10-18-12-16)17(20)15-8-7-13-5-3-4-6-14(13)11-15/h3-6,15-16,18H,2,7-12H2,1H3. The third-order valence-corrected chi connectivity index (χ3v) is 4.79. The lowest BCUT2D eigenvalue weighted by Gasteiger charge is -2.33. The number of hydrogen-bond donors (Lipinski definition) is 1. The molecule has 20 heavy (non-hydrogen) atoms. The zero-order valence-electron chi connectivity index (χ0n) is 12.3. The summed E-state index contributed by atoms with van der Waals surface area (Å²) in [6.07, 6.45) is 4.08. The number of hydrogen-bond acceptors (Lipinski definition) is 2. The molecule has 1 aliphatic carbocycles. The Morgan fingerprint density at radius 3 is 2.80 bits per heavy atom. The van der Waals surface area contributed by atoms with Crippen molar-refractivity contribution in [3.63, 3.8) is 0 Å². The monoisotopic (exact) mass is 272 g/mol. The molecule has 1 N–H and O–H groups in total. The van der Waals surface area contributed by atoms with Crippen molar-refractivity contribution in [2.24, 2.45) is 5.92 Å². The van der Waals surface area contributed by atoms with Crippen LogP contribution in [0.15, 0.2) is 24.3 Å². The fraction of sp³-hybridized carbons (Fsp3) is 0.588. The largest absolute Gasteiger partial charge is 0.338 e. The summed E-state index contributed by atoms with van der Waals surface area (Å²) in [6, 6.07) is 8.98. The Labute approximate surface area is 121 Å². The van der Waals surface area contributed by atoms with Crippen LogP contribution in [0.1, 0.15) is 30.9 Å². The molecule has 1 fully saturated rings. The first-order valence-electron chi connectivity index (χ1n) is 7.87. The van der Waals surface area contributed by atoms with Gasteiger partial charge in [0.15, 0.2) is 0 Å². The predicted molar refractivity (Wildman–Crippen MR) is 80.6 cm³/mol. The van der Waals surface area contributed by atoms with E-state index in [1.165, 1.54) is 11.1 Å². The zero-order valence-corrected chi connectivity index (χ0v) is 12.3. The molecular weight excluding hydrogens is 248 g/mol. The van der Waals surface area contributed by atoms with Crippen molar-refractivity contribution in [1.82, 2.24) is 10.2 Å². The summed E-state index contributed by atoms with van der Waals surface area (Å²) in [7, 11) is 0. The number of nitrogens with one attached hydrogen (secondary N) is 1. The lowest BCUT2D eigenvalue weighted by atomic mass is 9.83. The average Bonchev–Trinajstić information content (AvgIpc) is 3.01. The first-order chi connectivity index (χ1) is 9.79. The molecule has 2 atom stereocenters. The maximum Gasteiger partial charge on any atom is 0.226 e. The van der Waals surface area contributed by atoms with Gasteiger partial charge in [-0.25, -0.2) is 0 Å². The lowest BCUT2D eigenvalue weighted by molar-refractivity contribution is -0.137. The predicted octanol–water partition coefficient (Wildman–Crippen LogP) is 2.00. The molecule has 1 heterocycles. The molecule has 108 valence electrons. The Morgan fingerprint density at radius 2 is 2.10 bits per heavy atom. The molecule has 1 aromatic carbocycles. The number of amides is 1. The first kappa shape index (κ1) is 13.6. The molecule has 1 saturated heterocycles. The van der Waals surface area contributed by atoms with E-state index in [2.05, 4.69) is 41.4 Å². The van der Waals surface area contributed by atoms with E-state index in [0.717, 1.165) is 45.3 Å². The topological polar surface area (TPSA) is 32.3 Å². The van der Waals surface area contributed by atoms with E-state index >= 15 is 0 Å². The fourth-order valence-corrected chi connectivity index (χ4v) is 3.64. The highest BCUT2D eigenvalue weighted by Gasteiger charge is 2.32. The van der Waals surface area contributed by atoms with Crippen LogP contribution in [-0.2, 0) is 17.6 Å². The van der Waals surface area contributed by atoms with Gasteiger partial charge in [0.25, 0.3) is 0 Å². The van der Waals surface area contributed by atoms with Gasteiger partial charge in [-0.1, -0.05) is 24.3 Å². The minimum Gasteiger partial charge on any atom is -0.338 e. The van der Waals surface area contributed by atoms with Gasteiger partial charge in [-0.15, -0.1) is 0 Å². The Balaban J connectivity index is 1.71. The summed E-state index contributed by atoms with van der Waals surface area (Å²) < 4.78 is 0. The van der Waals surface area contributed by atoms with E-state index in [-0.39, 0.29) is 5.92 Å². The summed E-state index contributed by atoms with van der Waals surface area (Å²) in [5.41, 5.74) is 2.81. The fourth-order valence-electron chi connectivity index (χ4n) is 3.64. The van der Waals surface area contributed by atoms with Gasteiger partial charge in [0.05, 0.1) is 0 Å². The number of likely N-dealkylation sites (N-methyl/N-ethyl adjacent to an activating group) is 1. The molecule has 1 amide bonds. The van der Waals surface area contributed by atoms with Gasteiger partial charge in [-0.2, -0.15) is 0 Å². The van der Waals surface area contributed by atoms with E-state index < -0.39 is 0 Å². The number of carbonyl (C=O) groups is 1. The van der Waals surface area contributed by atoms with Gasteiger partial charge in [-0.05, 0) is 50.3 Å². The van der Waals surface area contributed by atoms with Gasteiger partial charge in [0, 0.05) is 25.0 Å². The van der Waals surface area contributed by atoms with Crippen LogP contribution in [0.25, 0.3) is 0 Å². The van der Waals surface area contributed by atoms with Crippen molar-refractivity contribution in [2.75, 3.05) is 19.6 Å². The second-order valence-electron chi connectivity index (χ2n) is 5.98. The zero-order chi connectivity index (χ0) is 13.9. The maximum atomic E-state index is 12.8. The summed E-state index contributed by atoms with van der Waals surface area (Å²) in [4.78, 5) is 14.9. The Bertz CT molecular complexity index is 480. The molecule has 0 saturated carbocycles. The quantitative estimate of drug-likeness (QED) is 0.913. The lowest BCUT2D eigenvalue weighted by Crippen LogP contribution is -2.45. The molecule has 1 aromatic rings.